The summed E-state index contributed by atoms with van der Waals surface area (Å²) >= 11 is 5.98. The van der Waals surface area contributed by atoms with E-state index < -0.39 is 23.6 Å². The minimum atomic E-state index is -4.74. The predicted molar refractivity (Wildman–Crippen MR) is 115 cm³/mol. The van der Waals surface area contributed by atoms with E-state index in [0.717, 1.165) is 16.8 Å². The molecule has 0 bridgehead atoms. The molecule has 1 aliphatic heterocycles. The molecule has 2 aromatic heterocycles. The van der Waals surface area contributed by atoms with Crippen LogP contribution < -0.4 is 0 Å². The molecule has 174 valence electrons. The number of morpholine rings is 1. The van der Waals surface area contributed by atoms with Gasteiger partial charge in [-0.05, 0) is 42.3 Å². The summed E-state index contributed by atoms with van der Waals surface area (Å²) in [6.07, 6.45) is -3.81. The van der Waals surface area contributed by atoms with Crippen molar-refractivity contribution < 1.29 is 27.1 Å². The number of amides is 1. The predicted octanol–water partition coefficient (Wildman–Crippen LogP) is 5.19. The van der Waals surface area contributed by atoms with Crippen LogP contribution in [0.3, 0.4) is 0 Å². The third-order valence-corrected chi connectivity index (χ3v) is 5.77. The number of hydrogen-bond acceptors (Lipinski definition) is 3. The van der Waals surface area contributed by atoms with Crippen LogP contribution in [0.1, 0.15) is 27.4 Å². The lowest BCUT2D eigenvalue weighted by atomic mass is 10.00. The number of benzene rings is 1. The van der Waals surface area contributed by atoms with Crippen molar-refractivity contribution in [2.24, 2.45) is 0 Å². The molecule has 0 radical (unpaired) electrons. The Kier molecular flexibility index (Phi) is 6.45. The fourth-order valence-corrected chi connectivity index (χ4v) is 4.17. The van der Waals surface area contributed by atoms with Gasteiger partial charge in [-0.2, -0.15) is 13.2 Å². The highest BCUT2D eigenvalue weighted by Gasteiger charge is 2.42. The summed E-state index contributed by atoms with van der Waals surface area (Å²) < 4.78 is 62.4. The molecule has 0 atom stereocenters. The molecule has 10 heteroatoms. The maximum absolute atomic E-state index is 14.3. The van der Waals surface area contributed by atoms with E-state index in [-0.39, 0.29) is 42.1 Å². The van der Waals surface area contributed by atoms with Gasteiger partial charge in [-0.3, -0.25) is 9.78 Å². The quantitative estimate of drug-likeness (QED) is 0.482. The van der Waals surface area contributed by atoms with E-state index in [1.165, 1.54) is 17.9 Å². The van der Waals surface area contributed by atoms with Crippen LogP contribution in [0, 0.1) is 12.7 Å². The molecule has 0 aliphatic carbocycles. The Hall–Kier alpha value is -2.91. The molecular weight excluding hydrogens is 462 g/mol. The molecule has 1 aromatic carbocycles. The van der Waals surface area contributed by atoms with E-state index in [0.29, 0.717) is 23.8 Å². The third kappa shape index (κ3) is 4.74. The fourth-order valence-electron chi connectivity index (χ4n) is 4.04. The lowest BCUT2D eigenvalue weighted by molar-refractivity contribution is -0.143. The van der Waals surface area contributed by atoms with E-state index in [1.54, 1.807) is 24.3 Å². The number of pyridine rings is 1. The van der Waals surface area contributed by atoms with Crippen LogP contribution in [-0.2, 0) is 17.5 Å². The zero-order valence-electron chi connectivity index (χ0n) is 17.6. The summed E-state index contributed by atoms with van der Waals surface area (Å²) in [6, 6.07) is 8.71. The molecule has 4 rings (SSSR count). The normalized spacial score (nSPS) is 14.5. The summed E-state index contributed by atoms with van der Waals surface area (Å²) in [5, 5.41) is 0.420. The van der Waals surface area contributed by atoms with Gasteiger partial charge >= 0.3 is 6.18 Å². The highest BCUT2D eigenvalue weighted by molar-refractivity contribution is 6.30. The zero-order valence-corrected chi connectivity index (χ0v) is 18.4. The lowest BCUT2D eigenvalue weighted by Crippen LogP contribution is -2.41. The largest absolute Gasteiger partial charge is 0.431 e. The van der Waals surface area contributed by atoms with Crippen LogP contribution in [0.15, 0.2) is 42.6 Å². The second kappa shape index (κ2) is 9.15. The molecule has 1 saturated heterocycles. The van der Waals surface area contributed by atoms with Gasteiger partial charge in [-0.25, -0.2) is 4.39 Å². The number of carbonyl (C=O) groups excluding carboxylic acids is 1. The number of alkyl halides is 3. The van der Waals surface area contributed by atoms with Crippen molar-refractivity contribution in [1.82, 2.24) is 14.5 Å². The van der Waals surface area contributed by atoms with Gasteiger partial charge in [0.2, 0.25) is 0 Å². The second-order valence-corrected chi connectivity index (χ2v) is 8.10. The van der Waals surface area contributed by atoms with Crippen LogP contribution in [-0.4, -0.2) is 46.7 Å². The highest BCUT2D eigenvalue weighted by Crippen LogP contribution is 2.42. The molecule has 3 heterocycles. The molecule has 0 N–H and O–H groups in total. The summed E-state index contributed by atoms with van der Waals surface area (Å²) in [6.45, 7) is 2.12. The number of ether oxygens (including phenoxy) is 1. The SMILES string of the molecule is Cc1c(-c2ccc(Cl)cc2)c(C(=O)N2CCOCC2)n(Cc2ccc(F)cn2)c1C(F)(F)F. The first-order chi connectivity index (χ1) is 15.7. The molecule has 1 fully saturated rings. The van der Waals surface area contributed by atoms with E-state index in [1.807, 2.05) is 0 Å². The Bertz CT molecular complexity index is 1150. The van der Waals surface area contributed by atoms with Crippen molar-refractivity contribution in [2.45, 2.75) is 19.6 Å². The average molecular weight is 482 g/mol. The van der Waals surface area contributed by atoms with E-state index in [2.05, 4.69) is 4.98 Å². The maximum atomic E-state index is 14.3. The number of nitrogens with zero attached hydrogens (tertiary/aromatic N) is 3. The first kappa shape index (κ1) is 23.3. The second-order valence-electron chi connectivity index (χ2n) is 7.66. The summed E-state index contributed by atoms with van der Waals surface area (Å²) in [7, 11) is 0. The van der Waals surface area contributed by atoms with Gasteiger partial charge in [0.05, 0.1) is 31.6 Å². The molecule has 0 spiro atoms. The monoisotopic (exact) mass is 481 g/mol. The van der Waals surface area contributed by atoms with E-state index in [4.69, 9.17) is 16.3 Å². The Balaban J connectivity index is 1.96. The Morgan fingerprint density at radius 1 is 1.12 bits per heavy atom. The average Bonchev–Trinajstić information content (AvgIpc) is 3.08. The van der Waals surface area contributed by atoms with Gasteiger partial charge in [0.1, 0.15) is 17.2 Å². The van der Waals surface area contributed by atoms with Crippen LogP contribution in [0.25, 0.3) is 11.1 Å². The maximum Gasteiger partial charge on any atom is 0.431 e. The molecule has 3 aromatic rings. The van der Waals surface area contributed by atoms with Gasteiger partial charge in [0.15, 0.2) is 0 Å². The fraction of sp³-hybridized carbons (Fsp3) is 0.304. The Labute approximate surface area is 192 Å². The van der Waals surface area contributed by atoms with Gasteiger partial charge in [0, 0.05) is 23.7 Å². The van der Waals surface area contributed by atoms with Crippen molar-refractivity contribution in [2.75, 3.05) is 26.3 Å². The number of carbonyl (C=O) groups is 1. The number of aromatic nitrogens is 2. The van der Waals surface area contributed by atoms with E-state index in [9.17, 15) is 22.4 Å². The van der Waals surface area contributed by atoms with Crippen molar-refractivity contribution in [1.29, 1.82) is 0 Å². The van der Waals surface area contributed by atoms with Gasteiger partial charge in [-0.1, -0.05) is 23.7 Å². The van der Waals surface area contributed by atoms with Crippen LogP contribution in [0.2, 0.25) is 5.02 Å². The molecule has 0 unspecified atom stereocenters. The third-order valence-electron chi connectivity index (χ3n) is 5.52. The zero-order chi connectivity index (χ0) is 23.8. The highest BCUT2D eigenvalue weighted by atomic mass is 35.5. The van der Waals surface area contributed by atoms with Crippen LogP contribution in [0.4, 0.5) is 17.6 Å². The molecule has 1 aliphatic rings. The molecular formula is C23H20ClF4N3O2. The first-order valence-electron chi connectivity index (χ1n) is 10.2. The minimum Gasteiger partial charge on any atom is -0.378 e. The van der Waals surface area contributed by atoms with Crippen LogP contribution in [0.5, 0.6) is 0 Å². The number of hydrogen-bond donors (Lipinski definition) is 0. The topological polar surface area (TPSA) is 47.4 Å². The number of halogens is 5. The van der Waals surface area contributed by atoms with Crippen LogP contribution >= 0.6 is 11.6 Å². The van der Waals surface area contributed by atoms with E-state index >= 15 is 0 Å². The van der Waals surface area contributed by atoms with Crippen molar-refractivity contribution in [3.05, 3.63) is 76.1 Å². The van der Waals surface area contributed by atoms with Crippen molar-refractivity contribution >= 4 is 17.5 Å². The first-order valence-corrected chi connectivity index (χ1v) is 10.6. The summed E-state index contributed by atoms with van der Waals surface area (Å²) in [5.41, 5.74) is -0.327. The lowest BCUT2D eigenvalue weighted by Gasteiger charge is -2.28. The number of rotatable bonds is 4. The standard InChI is InChI=1S/C23H20ClF4N3O2/c1-14-19(15-2-4-16(24)5-3-15)20(22(32)30-8-10-33-11-9-30)31(21(14)23(26,27)28)13-18-7-6-17(25)12-29-18/h2-7,12H,8-11,13H2,1H3. The Morgan fingerprint density at radius 3 is 2.36 bits per heavy atom. The molecule has 0 saturated carbocycles. The minimum absolute atomic E-state index is 0.0801. The summed E-state index contributed by atoms with van der Waals surface area (Å²) in [4.78, 5) is 19.0. The van der Waals surface area contributed by atoms with Gasteiger partial charge in [-0.15, -0.1) is 0 Å². The molecule has 1 amide bonds. The Morgan fingerprint density at radius 2 is 1.79 bits per heavy atom. The van der Waals surface area contributed by atoms with Crippen molar-refractivity contribution in [3.8, 4) is 11.1 Å². The summed E-state index contributed by atoms with van der Waals surface area (Å²) in [5.74, 6) is -1.14. The smallest absolute Gasteiger partial charge is 0.378 e. The molecule has 5 nitrogen and oxygen atoms in total. The van der Waals surface area contributed by atoms with Gasteiger partial charge in [0.25, 0.3) is 5.91 Å². The van der Waals surface area contributed by atoms with Gasteiger partial charge < -0.3 is 14.2 Å². The molecule has 33 heavy (non-hydrogen) atoms. The van der Waals surface area contributed by atoms with Crippen molar-refractivity contribution in [3.63, 3.8) is 0 Å².